The van der Waals surface area contributed by atoms with Crippen LogP contribution in [0.2, 0.25) is 0 Å². The fourth-order valence-corrected chi connectivity index (χ4v) is 3.72. The molecule has 2 saturated heterocycles. The zero-order valence-electron chi connectivity index (χ0n) is 12.7. The molecule has 1 aromatic heterocycles. The number of hydrogen-bond donors (Lipinski definition) is 1. The van der Waals surface area contributed by atoms with Crippen LogP contribution in [0.4, 0.5) is 0 Å². The second kappa shape index (κ2) is 5.29. The summed E-state index contributed by atoms with van der Waals surface area (Å²) >= 11 is 0. The van der Waals surface area contributed by atoms with E-state index in [4.69, 9.17) is 0 Å². The van der Waals surface area contributed by atoms with Crippen LogP contribution in [0.1, 0.15) is 23.2 Å². The van der Waals surface area contributed by atoms with Gasteiger partial charge >= 0.3 is 0 Å². The molecule has 1 amide bonds. The Kier molecular flexibility index (Phi) is 3.26. The zero-order valence-corrected chi connectivity index (χ0v) is 12.7. The van der Waals surface area contributed by atoms with Gasteiger partial charge in [0.2, 0.25) is 0 Å². The summed E-state index contributed by atoms with van der Waals surface area (Å²) in [5, 5.41) is 3.44. The number of carbonyl (C=O) groups excluding carboxylic acids is 1. The molecule has 0 bridgehead atoms. The van der Waals surface area contributed by atoms with Gasteiger partial charge in [0.25, 0.3) is 5.91 Å². The Morgan fingerprint density at radius 3 is 2.55 bits per heavy atom. The summed E-state index contributed by atoms with van der Waals surface area (Å²) in [4.78, 5) is 14.7. The molecule has 0 aliphatic carbocycles. The van der Waals surface area contributed by atoms with Gasteiger partial charge in [-0.05, 0) is 55.8 Å². The van der Waals surface area contributed by atoms with Gasteiger partial charge in [0.1, 0.15) is 0 Å². The first-order valence-corrected chi connectivity index (χ1v) is 7.99. The maximum Gasteiger partial charge on any atom is 0.253 e. The van der Waals surface area contributed by atoms with Gasteiger partial charge in [-0.15, -0.1) is 0 Å². The summed E-state index contributed by atoms with van der Waals surface area (Å²) < 4.78 is 2.04. The van der Waals surface area contributed by atoms with Crippen molar-refractivity contribution in [3.05, 3.63) is 54.4 Å². The second-order valence-electron chi connectivity index (χ2n) is 6.54. The molecule has 1 spiro atoms. The molecule has 2 aliphatic heterocycles. The lowest BCUT2D eigenvalue weighted by atomic mass is 9.86. The molecule has 0 radical (unpaired) electrons. The minimum absolute atomic E-state index is 0.169. The fourth-order valence-electron chi connectivity index (χ4n) is 3.72. The van der Waals surface area contributed by atoms with Crippen molar-refractivity contribution in [2.75, 3.05) is 26.2 Å². The standard InChI is InChI=1S/C18H21N3O/c22-17(21-12-8-18(14-21)7-9-19-13-18)15-3-5-16(6-4-15)20-10-1-2-11-20/h1-6,10-11,19H,7-9,12-14H2. The molecule has 22 heavy (non-hydrogen) atoms. The van der Waals surface area contributed by atoms with Crippen molar-refractivity contribution >= 4 is 5.91 Å². The van der Waals surface area contributed by atoms with E-state index >= 15 is 0 Å². The number of likely N-dealkylation sites (tertiary alicyclic amines) is 1. The predicted molar refractivity (Wildman–Crippen MR) is 86.2 cm³/mol. The lowest BCUT2D eigenvalue weighted by Crippen LogP contribution is -2.33. The smallest absolute Gasteiger partial charge is 0.253 e. The van der Waals surface area contributed by atoms with Crippen LogP contribution in [0.5, 0.6) is 0 Å². The van der Waals surface area contributed by atoms with Crippen LogP contribution >= 0.6 is 0 Å². The molecule has 2 aliphatic rings. The van der Waals surface area contributed by atoms with E-state index in [0.717, 1.165) is 43.9 Å². The molecule has 1 N–H and O–H groups in total. The molecule has 4 nitrogen and oxygen atoms in total. The average molecular weight is 295 g/mol. The first-order valence-electron chi connectivity index (χ1n) is 7.99. The normalized spacial score (nSPS) is 24.3. The molecule has 0 saturated carbocycles. The van der Waals surface area contributed by atoms with Crippen molar-refractivity contribution in [2.45, 2.75) is 12.8 Å². The number of nitrogens with zero attached hydrogens (tertiary/aromatic N) is 2. The minimum atomic E-state index is 0.169. The fraction of sp³-hybridized carbons (Fsp3) is 0.389. The minimum Gasteiger partial charge on any atom is -0.338 e. The van der Waals surface area contributed by atoms with Crippen LogP contribution in [0.3, 0.4) is 0 Å². The predicted octanol–water partition coefficient (Wildman–Crippen LogP) is 2.30. The summed E-state index contributed by atoms with van der Waals surface area (Å²) in [7, 11) is 0. The highest BCUT2D eigenvalue weighted by molar-refractivity contribution is 5.94. The van der Waals surface area contributed by atoms with E-state index in [1.54, 1.807) is 0 Å². The van der Waals surface area contributed by atoms with Gasteiger partial charge in [0, 0.05) is 48.7 Å². The van der Waals surface area contributed by atoms with E-state index < -0.39 is 0 Å². The maximum absolute atomic E-state index is 12.7. The van der Waals surface area contributed by atoms with E-state index in [9.17, 15) is 4.79 Å². The van der Waals surface area contributed by atoms with Crippen LogP contribution < -0.4 is 5.32 Å². The Morgan fingerprint density at radius 1 is 1.09 bits per heavy atom. The summed E-state index contributed by atoms with van der Waals surface area (Å²) in [6.07, 6.45) is 6.35. The molecule has 3 heterocycles. The molecule has 4 heteroatoms. The molecule has 2 fully saturated rings. The van der Waals surface area contributed by atoms with Gasteiger partial charge in [-0.1, -0.05) is 0 Å². The lowest BCUT2D eigenvalue weighted by Gasteiger charge is -2.22. The Labute approximate surface area is 130 Å². The van der Waals surface area contributed by atoms with E-state index in [-0.39, 0.29) is 5.91 Å². The summed E-state index contributed by atoms with van der Waals surface area (Å²) in [6.45, 7) is 3.94. The number of benzene rings is 1. The molecule has 2 aromatic rings. The molecular formula is C18H21N3O. The first kappa shape index (κ1) is 13.6. The van der Waals surface area contributed by atoms with Crippen molar-refractivity contribution < 1.29 is 4.79 Å². The van der Waals surface area contributed by atoms with Crippen molar-refractivity contribution in [1.82, 2.24) is 14.8 Å². The summed E-state index contributed by atoms with van der Waals surface area (Å²) in [5.74, 6) is 0.169. The van der Waals surface area contributed by atoms with Gasteiger partial charge in [0.15, 0.2) is 0 Å². The highest BCUT2D eigenvalue weighted by Gasteiger charge is 2.41. The van der Waals surface area contributed by atoms with Crippen LogP contribution in [0, 0.1) is 5.41 Å². The zero-order chi connectivity index (χ0) is 15.0. The quantitative estimate of drug-likeness (QED) is 0.923. The van der Waals surface area contributed by atoms with E-state index in [2.05, 4.69) is 5.32 Å². The van der Waals surface area contributed by atoms with Crippen LogP contribution in [0.15, 0.2) is 48.8 Å². The Bertz CT molecular complexity index is 654. The topological polar surface area (TPSA) is 37.3 Å². The van der Waals surface area contributed by atoms with Gasteiger partial charge in [-0.2, -0.15) is 0 Å². The number of amides is 1. The number of nitrogens with one attached hydrogen (secondary N) is 1. The summed E-state index contributed by atoms with van der Waals surface area (Å²) in [6, 6.07) is 11.9. The highest BCUT2D eigenvalue weighted by Crippen LogP contribution is 2.36. The number of carbonyl (C=O) groups is 1. The van der Waals surface area contributed by atoms with Crippen LogP contribution in [-0.2, 0) is 0 Å². The van der Waals surface area contributed by atoms with Crippen LogP contribution in [0.25, 0.3) is 5.69 Å². The maximum atomic E-state index is 12.7. The number of aromatic nitrogens is 1. The Hall–Kier alpha value is -2.07. The monoisotopic (exact) mass is 295 g/mol. The van der Waals surface area contributed by atoms with Crippen molar-refractivity contribution in [2.24, 2.45) is 5.41 Å². The largest absolute Gasteiger partial charge is 0.338 e. The lowest BCUT2D eigenvalue weighted by molar-refractivity contribution is 0.0776. The first-order chi connectivity index (χ1) is 10.8. The average Bonchev–Trinajstić information content (AvgIpc) is 3.30. The molecule has 1 atom stereocenters. The summed E-state index contributed by atoms with van der Waals surface area (Å²) in [5.41, 5.74) is 2.21. The Morgan fingerprint density at radius 2 is 1.86 bits per heavy atom. The van der Waals surface area contributed by atoms with Gasteiger partial charge < -0.3 is 14.8 Å². The van der Waals surface area contributed by atoms with Crippen molar-refractivity contribution in [3.8, 4) is 5.69 Å². The highest BCUT2D eigenvalue weighted by atomic mass is 16.2. The van der Waals surface area contributed by atoms with Gasteiger partial charge in [0.05, 0.1) is 0 Å². The molecular weight excluding hydrogens is 274 g/mol. The van der Waals surface area contributed by atoms with Crippen LogP contribution in [-0.4, -0.2) is 41.6 Å². The molecule has 1 aromatic carbocycles. The van der Waals surface area contributed by atoms with E-state index in [0.29, 0.717) is 5.41 Å². The SMILES string of the molecule is O=C(c1ccc(-n2cccc2)cc1)N1CCC2(CCNC2)C1. The van der Waals surface area contributed by atoms with Gasteiger partial charge in [-0.3, -0.25) is 4.79 Å². The third-order valence-corrected chi connectivity index (χ3v) is 5.07. The Balaban J connectivity index is 1.49. The molecule has 1 unspecified atom stereocenters. The second-order valence-corrected chi connectivity index (χ2v) is 6.54. The third-order valence-electron chi connectivity index (χ3n) is 5.07. The van der Waals surface area contributed by atoms with Crippen molar-refractivity contribution in [1.29, 1.82) is 0 Å². The van der Waals surface area contributed by atoms with Crippen molar-refractivity contribution in [3.63, 3.8) is 0 Å². The molecule has 4 rings (SSSR count). The number of rotatable bonds is 2. The third kappa shape index (κ3) is 2.33. The van der Waals surface area contributed by atoms with E-state index in [1.807, 2.05) is 58.3 Å². The van der Waals surface area contributed by atoms with E-state index in [1.165, 1.54) is 6.42 Å². The van der Waals surface area contributed by atoms with Gasteiger partial charge in [-0.25, -0.2) is 0 Å². The number of hydrogen-bond acceptors (Lipinski definition) is 2. The molecule has 114 valence electrons.